The largest absolute Gasteiger partial charge is 0.463 e. The smallest absolute Gasteiger partial charge is 0.376 e. The number of esters is 1. The Labute approximate surface area is 141 Å². The van der Waals surface area contributed by atoms with Crippen LogP contribution in [0.3, 0.4) is 0 Å². The number of ether oxygens (including phenoxy) is 1. The number of benzene rings is 2. The number of amidine groups is 1. The summed E-state index contributed by atoms with van der Waals surface area (Å²) >= 11 is 0. The highest BCUT2D eigenvalue weighted by molar-refractivity contribution is 6.41. The average Bonchev–Trinajstić information content (AvgIpc) is 2.63. The molecule has 5 nitrogen and oxygen atoms in total. The fraction of sp³-hybridized carbons (Fsp3) is 0.263. The maximum Gasteiger partial charge on any atom is 0.376 e. The van der Waals surface area contributed by atoms with Crippen molar-refractivity contribution in [2.45, 2.75) is 19.8 Å². The summed E-state index contributed by atoms with van der Waals surface area (Å²) < 4.78 is 4.94. The normalized spacial score (nSPS) is 14.1. The molecule has 0 radical (unpaired) electrons. The standard InChI is InChI=1S/C19H21N3O2/c1-14-9-11-16(12-10-14)20-21-18(19(23)24-2)22-13-5-7-15-6-3-4-8-17(15)22/h3-4,6,8-12,20H,5,7,13H2,1-2H3/b21-18+. The van der Waals surface area contributed by atoms with Crippen LogP contribution in [0.4, 0.5) is 11.4 Å². The van der Waals surface area contributed by atoms with Crippen LogP contribution in [0.25, 0.3) is 0 Å². The highest BCUT2D eigenvalue weighted by Gasteiger charge is 2.26. The molecule has 0 aromatic heterocycles. The van der Waals surface area contributed by atoms with Crippen LogP contribution in [-0.4, -0.2) is 25.5 Å². The van der Waals surface area contributed by atoms with Crippen molar-refractivity contribution in [3.05, 3.63) is 59.7 Å². The van der Waals surface area contributed by atoms with E-state index < -0.39 is 5.97 Å². The second-order valence-corrected chi connectivity index (χ2v) is 5.79. The van der Waals surface area contributed by atoms with E-state index in [0.717, 1.165) is 30.8 Å². The monoisotopic (exact) mass is 323 g/mol. The minimum atomic E-state index is -0.452. The predicted octanol–water partition coefficient (Wildman–Crippen LogP) is 3.35. The molecule has 5 heteroatoms. The molecule has 2 aromatic rings. The quantitative estimate of drug-likeness (QED) is 0.398. The number of carbonyl (C=O) groups is 1. The molecule has 0 saturated heterocycles. The van der Waals surface area contributed by atoms with Gasteiger partial charge in [-0.2, -0.15) is 0 Å². The van der Waals surface area contributed by atoms with E-state index in [0.29, 0.717) is 0 Å². The van der Waals surface area contributed by atoms with Crippen molar-refractivity contribution in [3.8, 4) is 0 Å². The van der Waals surface area contributed by atoms with Crippen LogP contribution in [0.15, 0.2) is 53.6 Å². The molecule has 0 atom stereocenters. The van der Waals surface area contributed by atoms with Crippen LogP contribution in [0, 0.1) is 6.92 Å². The van der Waals surface area contributed by atoms with Crippen LogP contribution >= 0.6 is 0 Å². The highest BCUT2D eigenvalue weighted by atomic mass is 16.5. The van der Waals surface area contributed by atoms with Crippen molar-refractivity contribution >= 4 is 23.2 Å². The van der Waals surface area contributed by atoms with Gasteiger partial charge in [0.25, 0.3) is 0 Å². The van der Waals surface area contributed by atoms with Gasteiger partial charge in [0, 0.05) is 12.2 Å². The highest BCUT2D eigenvalue weighted by Crippen LogP contribution is 2.27. The Hall–Kier alpha value is -2.82. The third-order valence-electron chi connectivity index (χ3n) is 4.08. The summed E-state index contributed by atoms with van der Waals surface area (Å²) in [5.41, 5.74) is 7.19. The molecule has 0 saturated carbocycles. The van der Waals surface area contributed by atoms with E-state index in [2.05, 4.69) is 16.6 Å². The summed E-state index contributed by atoms with van der Waals surface area (Å²) in [6, 6.07) is 15.9. The number of rotatable bonds is 2. The van der Waals surface area contributed by atoms with E-state index in [4.69, 9.17) is 4.74 Å². The van der Waals surface area contributed by atoms with Gasteiger partial charge in [0.1, 0.15) is 0 Å². The Morgan fingerprint density at radius 1 is 1.17 bits per heavy atom. The number of nitrogens with one attached hydrogen (secondary N) is 1. The van der Waals surface area contributed by atoms with Crippen molar-refractivity contribution in [1.82, 2.24) is 0 Å². The first-order chi connectivity index (χ1) is 11.7. The average molecular weight is 323 g/mol. The lowest BCUT2D eigenvalue weighted by Gasteiger charge is -2.30. The van der Waals surface area contributed by atoms with Crippen molar-refractivity contribution in [3.63, 3.8) is 0 Å². The maximum atomic E-state index is 12.3. The van der Waals surface area contributed by atoms with Gasteiger partial charge in [-0.3, -0.25) is 5.43 Å². The van der Waals surface area contributed by atoms with Crippen molar-refractivity contribution in [2.24, 2.45) is 5.10 Å². The zero-order valence-electron chi connectivity index (χ0n) is 14.0. The van der Waals surface area contributed by atoms with Gasteiger partial charge in [-0.1, -0.05) is 35.9 Å². The Kier molecular flexibility index (Phi) is 4.79. The maximum absolute atomic E-state index is 12.3. The minimum Gasteiger partial charge on any atom is -0.463 e. The molecule has 0 spiro atoms. The second kappa shape index (κ2) is 7.17. The Bertz CT molecular complexity index is 753. The minimum absolute atomic E-state index is 0.269. The van der Waals surface area contributed by atoms with Gasteiger partial charge >= 0.3 is 5.97 Å². The molecule has 24 heavy (non-hydrogen) atoms. The van der Waals surface area contributed by atoms with Crippen LogP contribution < -0.4 is 10.3 Å². The lowest BCUT2D eigenvalue weighted by Crippen LogP contribution is -2.41. The number of nitrogens with zero attached hydrogens (tertiary/aromatic N) is 2. The number of aryl methyl sites for hydroxylation is 2. The zero-order valence-corrected chi connectivity index (χ0v) is 14.0. The molecule has 2 aromatic carbocycles. The summed E-state index contributed by atoms with van der Waals surface area (Å²) in [4.78, 5) is 14.2. The van der Waals surface area contributed by atoms with Crippen molar-refractivity contribution < 1.29 is 9.53 Å². The van der Waals surface area contributed by atoms with Gasteiger partial charge in [-0.05, 0) is 43.5 Å². The van der Waals surface area contributed by atoms with Crippen molar-refractivity contribution in [2.75, 3.05) is 24.0 Å². The molecule has 1 aliphatic rings. The first-order valence-corrected chi connectivity index (χ1v) is 8.03. The summed E-state index contributed by atoms with van der Waals surface area (Å²) in [7, 11) is 1.37. The fourth-order valence-corrected chi connectivity index (χ4v) is 2.81. The summed E-state index contributed by atoms with van der Waals surface area (Å²) in [6.45, 7) is 2.76. The molecule has 0 fully saturated rings. The van der Waals surface area contributed by atoms with Gasteiger partial charge in [0.2, 0.25) is 5.84 Å². The number of fused-ring (bicyclic) bond motifs is 1. The molecule has 0 bridgehead atoms. The number of para-hydroxylation sites is 1. The molecule has 1 aliphatic heterocycles. The molecule has 0 aliphatic carbocycles. The van der Waals surface area contributed by atoms with Crippen molar-refractivity contribution in [1.29, 1.82) is 0 Å². The lowest BCUT2D eigenvalue weighted by atomic mass is 10.0. The predicted molar refractivity (Wildman–Crippen MR) is 96.4 cm³/mol. The molecule has 124 valence electrons. The van der Waals surface area contributed by atoms with Crippen LogP contribution in [0.1, 0.15) is 17.5 Å². The molecule has 1 heterocycles. The molecule has 0 unspecified atom stereocenters. The van der Waals surface area contributed by atoms with E-state index in [-0.39, 0.29) is 5.84 Å². The zero-order chi connectivity index (χ0) is 16.9. The van der Waals surface area contributed by atoms with Gasteiger partial charge in [0.15, 0.2) is 0 Å². The molecular formula is C19H21N3O2. The number of anilines is 2. The first-order valence-electron chi connectivity index (χ1n) is 8.03. The molecule has 0 amide bonds. The Morgan fingerprint density at radius 2 is 1.92 bits per heavy atom. The lowest BCUT2D eigenvalue weighted by molar-refractivity contribution is -0.132. The summed E-state index contributed by atoms with van der Waals surface area (Å²) in [5.74, 6) is -0.184. The number of hydrogen-bond acceptors (Lipinski definition) is 4. The SMILES string of the molecule is COC(=O)/C(=N\Nc1ccc(C)cc1)N1CCCc2ccccc21. The number of hydrogen-bond donors (Lipinski definition) is 1. The number of methoxy groups -OCH3 is 1. The van der Waals surface area contributed by atoms with Crippen LogP contribution in [0.5, 0.6) is 0 Å². The Balaban J connectivity index is 1.91. The van der Waals surface area contributed by atoms with Crippen LogP contribution in [-0.2, 0) is 16.0 Å². The van der Waals surface area contributed by atoms with Gasteiger partial charge in [-0.15, -0.1) is 5.10 Å². The molecular weight excluding hydrogens is 302 g/mol. The molecule has 3 rings (SSSR count). The van der Waals surface area contributed by atoms with Crippen LogP contribution in [0.2, 0.25) is 0 Å². The van der Waals surface area contributed by atoms with E-state index >= 15 is 0 Å². The van der Waals surface area contributed by atoms with E-state index in [9.17, 15) is 4.79 Å². The Morgan fingerprint density at radius 3 is 2.67 bits per heavy atom. The fourth-order valence-electron chi connectivity index (χ4n) is 2.81. The number of hydrazone groups is 1. The topological polar surface area (TPSA) is 53.9 Å². The van der Waals surface area contributed by atoms with E-state index in [1.165, 1.54) is 18.2 Å². The number of carbonyl (C=O) groups excluding carboxylic acids is 1. The van der Waals surface area contributed by atoms with Gasteiger partial charge in [-0.25, -0.2) is 4.79 Å². The first kappa shape index (κ1) is 16.1. The second-order valence-electron chi connectivity index (χ2n) is 5.79. The third kappa shape index (κ3) is 3.40. The van der Waals surface area contributed by atoms with E-state index in [1.54, 1.807) is 0 Å². The molecule has 1 N–H and O–H groups in total. The van der Waals surface area contributed by atoms with Gasteiger partial charge < -0.3 is 9.64 Å². The third-order valence-corrected chi connectivity index (χ3v) is 4.08. The van der Waals surface area contributed by atoms with Gasteiger partial charge in [0.05, 0.1) is 12.8 Å². The van der Waals surface area contributed by atoms with E-state index in [1.807, 2.05) is 54.3 Å². The summed E-state index contributed by atoms with van der Waals surface area (Å²) in [5, 5.41) is 4.33. The summed E-state index contributed by atoms with van der Waals surface area (Å²) in [6.07, 6.45) is 1.98.